The van der Waals surface area contributed by atoms with Crippen molar-refractivity contribution in [3.05, 3.63) is 65.3 Å². The van der Waals surface area contributed by atoms with Crippen LogP contribution in [0.5, 0.6) is 5.75 Å². The number of nitrogens with one attached hydrogen (secondary N) is 2. The summed E-state index contributed by atoms with van der Waals surface area (Å²) in [5, 5.41) is 14.9. The van der Waals surface area contributed by atoms with Gasteiger partial charge in [0, 0.05) is 11.6 Å². The van der Waals surface area contributed by atoms with Gasteiger partial charge in [-0.3, -0.25) is 0 Å². The van der Waals surface area contributed by atoms with Crippen LogP contribution in [0.4, 0.5) is 17.5 Å². The third-order valence-electron chi connectivity index (χ3n) is 3.32. The number of hydrogen-bond acceptors (Lipinski definition) is 6. The predicted molar refractivity (Wildman–Crippen MR) is 94.9 cm³/mol. The minimum Gasteiger partial charge on any atom is -0.495 e. The van der Waals surface area contributed by atoms with Crippen LogP contribution in [-0.4, -0.2) is 22.3 Å². The number of benzene rings is 2. The number of methoxy groups -OCH3 is 1. The van der Waals surface area contributed by atoms with Gasteiger partial charge in [-0.1, -0.05) is 41.9 Å². The van der Waals surface area contributed by atoms with Gasteiger partial charge in [0.05, 0.1) is 19.0 Å². The number of rotatable bonds is 6. The Morgan fingerprint density at radius 1 is 1.08 bits per heavy atom. The molecule has 1 heterocycles. The molecule has 0 amide bonds. The molecular formula is C17H16ClN5O. The van der Waals surface area contributed by atoms with Crippen LogP contribution in [0.3, 0.4) is 0 Å². The first-order valence-corrected chi connectivity index (χ1v) is 7.71. The standard InChI is InChI=1S/C17H16ClN5O/c1-24-15-9-5-4-8-14(15)21-16-11-20-23-17(22-16)19-10-12-6-2-3-7-13(12)18/h2-9,11H,10H2,1H3,(H2,19,21,22,23). The molecule has 0 saturated heterocycles. The molecule has 24 heavy (non-hydrogen) atoms. The third kappa shape index (κ3) is 3.91. The first kappa shape index (κ1) is 16.0. The summed E-state index contributed by atoms with van der Waals surface area (Å²) < 4.78 is 5.31. The molecule has 0 aliphatic carbocycles. The van der Waals surface area contributed by atoms with Gasteiger partial charge in [0.25, 0.3) is 0 Å². The van der Waals surface area contributed by atoms with Crippen LogP contribution < -0.4 is 15.4 Å². The molecule has 0 fully saturated rings. The highest BCUT2D eigenvalue weighted by atomic mass is 35.5. The summed E-state index contributed by atoms with van der Waals surface area (Å²) in [4.78, 5) is 4.39. The van der Waals surface area contributed by atoms with E-state index in [1.54, 1.807) is 13.3 Å². The van der Waals surface area contributed by atoms with Crippen molar-refractivity contribution in [1.82, 2.24) is 15.2 Å². The molecule has 2 N–H and O–H groups in total. The Hall–Kier alpha value is -2.86. The van der Waals surface area contributed by atoms with Gasteiger partial charge in [0.1, 0.15) is 5.75 Å². The molecule has 0 bridgehead atoms. The lowest BCUT2D eigenvalue weighted by molar-refractivity contribution is 0.417. The third-order valence-corrected chi connectivity index (χ3v) is 3.69. The zero-order valence-corrected chi connectivity index (χ0v) is 13.8. The molecule has 7 heteroatoms. The first-order valence-electron chi connectivity index (χ1n) is 7.33. The molecule has 0 radical (unpaired) electrons. The highest BCUT2D eigenvalue weighted by Crippen LogP contribution is 2.26. The lowest BCUT2D eigenvalue weighted by atomic mass is 10.2. The van der Waals surface area contributed by atoms with E-state index in [0.29, 0.717) is 23.3 Å². The Morgan fingerprint density at radius 2 is 1.88 bits per heavy atom. The zero-order valence-electron chi connectivity index (χ0n) is 13.0. The molecule has 0 atom stereocenters. The van der Waals surface area contributed by atoms with Gasteiger partial charge < -0.3 is 15.4 Å². The number of halogens is 1. The van der Waals surface area contributed by atoms with E-state index < -0.39 is 0 Å². The molecule has 3 aromatic rings. The number of para-hydroxylation sites is 2. The molecule has 0 aliphatic rings. The lowest BCUT2D eigenvalue weighted by Gasteiger charge is -2.11. The highest BCUT2D eigenvalue weighted by Gasteiger charge is 2.06. The summed E-state index contributed by atoms with van der Waals surface area (Å²) in [5.41, 5.74) is 1.77. The van der Waals surface area contributed by atoms with Crippen molar-refractivity contribution < 1.29 is 4.74 Å². The monoisotopic (exact) mass is 341 g/mol. The van der Waals surface area contributed by atoms with E-state index in [9.17, 15) is 0 Å². The van der Waals surface area contributed by atoms with Crippen LogP contribution >= 0.6 is 11.6 Å². The van der Waals surface area contributed by atoms with Crippen LogP contribution in [0.1, 0.15) is 5.56 Å². The molecule has 0 unspecified atom stereocenters. The summed E-state index contributed by atoms with van der Waals surface area (Å²) in [6, 6.07) is 15.2. The van der Waals surface area contributed by atoms with E-state index in [1.807, 2.05) is 48.5 Å². The van der Waals surface area contributed by atoms with Crippen LogP contribution in [0.2, 0.25) is 5.02 Å². The van der Waals surface area contributed by atoms with Crippen molar-refractivity contribution in [2.75, 3.05) is 17.7 Å². The number of aromatic nitrogens is 3. The van der Waals surface area contributed by atoms with Crippen LogP contribution in [0.15, 0.2) is 54.7 Å². The summed E-state index contributed by atoms with van der Waals surface area (Å²) in [6.45, 7) is 0.513. The highest BCUT2D eigenvalue weighted by molar-refractivity contribution is 6.31. The van der Waals surface area contributed by atoms with Gasteiger partial charge >= 0.3 is 0 Å². The summed E-state index contributed by atoms with van der Waals surface area (Å²) in [5.74, 6) is 1.70. The van der Waals surface area contributed by atoms with Crippen molar-refractivity contribution in [2.24, 2.45) is 0 Å². The molecule has 6 nitrogen and oxygen atoms in total. The Labute approximate surface area is 144 Å². The average molecular weight is 342 g/mol. The molecule has 2 aromatic carbocycles. The second-order valence-electron chi connectivity index (χ2n) is 4.94. The van der Waals surface area contributed by atoms with Crippen molar-refractivity contribution in [1.29, 1.82) is 0 Å². The van der Waals surface area contributed by atoms with Gasteiger partial charge in [0.15, 0.2) is 5.82 Å². The van der Waals surface area contributed by atoms with Gasteiger partial charge in [0.2, 0.25) is 5.95 Å². The SMILES string of the molecule is COc1ccccc1Nc1cnnc(NCc2ccccc2Cl)n1. The number of hydrogen-bond donors (Lipinski definition) is 2. The van der Waals surface area contributed by atoms with E-state index in [0.717, 1.165) is 17.0 Å². The molecule has 0 saturated carbocycles. The fourth-order valence-electron chi connectivity index (χ4n) is 2.14. The smallest absolute Gasteiger partial charge is 0.244 e. The maximum Gasteiger partial charge on any atom is 0.244 e. The second-order valence-corrected chi connectivity index (χ2v) is 5.34. The first-order chi connectivity index (χ1) is 11.8. The Morgan fingerprint density at radius 3 is 2.71 bits per heavy atom. The predicted octanol–water partition coefficient (Wildman–Crippen LogP) is 3.89. The summed E-state index contributed by atoms with van der Waals surface area (Å²) in [6.07, 6.45) is 1.55. The fourth-order valence-corrected chi connectivity index (χ4v) is 2.34. The molecule has 0 spiro atoms. The summed E-state index contributed by atoms with van der Waals surface area (Å²) >= 11 is 6.14. The Bertz CT molecular complexity index is 827. The van der Waals surface area contributed by atoms with Crippen molar-refractivity contribution in [2.45, 2.75) is 6.54 Å². The Kier molecular flexibility index (Phi) is 5.08. The van der Waals surface area contributed by atoms with Gasteiger partial charge in [-0.05, 0) is 23.8 Å². The number of ether oxygens (including phenoxy) is 1. The quantitative estimate of drug-likeness (QED) is 0.708. The maximum atomic E-state index is 6.14. The summed E-state index contributed by atoms with van der Waals surface area (Å²) in [7, 11) is 1.62. The second kappa shape index (κ2) is 7.61. The van der Waals surface area contributed by atoms with Crippen molar-refractivity contribution in [3.8, 4) is 5.75 Å². The van der Waals surface area contributed by atoms with Crippen molar-refractivity contribution >= 4 is 29.1 Å². The minimum absolute atomic E-state index is 0.412. The molecule has 122 valence electrons. The largest absolute Gasteiger partial charge is 0.495 e. The maximum absolute atomic E-state index is 6.14. The van der Waals surface area contributed by atoms with Gasteiger partial charge in [-0.2, -0.15) is 10.1 Å². The van der Waals surface area contributed by atoms with E-state index in [1.165, 1.54) is 0 Å². The van der Waals surface area contributed by atoms with E-state index in [4.69, 9.17) is 16.3 Å². The van der Waals surface area contributed by atoms with Gasteiger partial charge in [-0.25, -0.2) is 0 Å². The number of anilines is 3. The fraction of sp³-hybridized carbons (Fsp3) is 0.118. The minimum atomic E-state index is 0.412. The zero-order chi connectivity index (χ0) is 16.8. The Balaban J connectivity index is 1.71. The molecule has 1 aromatic heterocycles. The van der Waals surface area contributed by atoms with Crippen LogP contribution in [0.25, 0.3) is 0 Å². The van der Waals surface area contributed by atoms with E-state index in [-0.39, 0.29) is 0 Å². The number of nitrogens with zero attached hydrogens (tertiary/aromatic N) is 3. The lowest BCUT2D eigenvalue weighted by Crippen LogP contribution is -2.07. The van der Waals surface area contributed by atoms with Gasteiger partial charge in [-0.15, -0.1) is 5.10 Å². The molecule has 0 aliphatic heterocycles. The van der Waals surface area contributed by atoms with Crippen LogP contribution in [0, 0.1) is 0 Å². The molecule has 3 rings (SSSR count). The topological polar surface area (TPSA) is 72.0 Å². The van der Waals surface area contributed by atoms with E-state index >= 15 is 0 Å². The van der Waals surface area contributed by atoms with Crippen molar-refractivity contribution in [3.63, 3.8) is 0 Å². The average Bonchev–Trinajstić information content (AvgIpc) is 2.62. The normalized spacial score (nSPS) is 10.2. The van der Waals surface area contributed by atoms with Crippen LogP contribution in [-0.2, 0) is 6.54 Å². The van der Waals surface area contributed by atoms with E-state index in [2.05, 4.69) is 25.8 Å². The molecular weight excluding hydrogens is 326 g/mol.